The van der Waals surface area contributed by atoms with Gasteiger partial charge in [0.25, 0.3) is 0 Å². The Hall–Kier alpha value is -1.62. The van der Waals surface area contributed by atoms with E-state index in [0.29, 0.717) is 4.99 Å². The molecule has 0 aliphatic heterocycles. The second kappa shape index (κ2) is 5.63. The molecule has 0 heterocycles. The summed E-state index contributed by atoms with van der Waals surface area (Å²) in [5, 5.41) is 0. The van der Waals surface area contributed by atoms with E-state index in [1.54, 1.807) is 11.9 Å². The van der Waals surface area contributed by atoms with Crippen LogP contribution in [0.3, 0.4) is 0 Å². The van der Waals surface area contributed by atoms with Gasteiger partial charge in [0, 0.05) is 18.3 Å². The molecule has 0 bridgehead atoms. The highest BCUT2D eigenvalue weighted by Crippen LogP contribution is 2.20. The summed E-state index contributed by atoms with van der Waals surface area (Å²) in [4.78, 5) is 13.3. The highest BCUT2D eigenvalue weighted by molar-refractivity contribution is 7.80. The number of hydrogen-bond donors (Lipinski definition) is 1. The average molecular weight is 252 g/mol. The van der Waals surface area contributed by atoms with Gasteiger partial charge in [0.15, 0.2) is 0 Å². The lowest BCUT2D eigenvalue weighted by Gasteiger charge is -2.21. The number of hydrogen-bond acceptors (Lipinski definition) is 4. The number of carbonyl (C=O) groups is 1. The Morgan fingerprint density at radius 1 is 1.53 bits per heavy atom. The summed E-state index contributed by atoms with van der Waals surface area (Å²) in [5.41, 5.74) is 8.34. The van der Waals surface area contributed by atoms with Crippen molar-refractivity contribution in [3.63, 3.8) is 0 Å². The van der Waals surface area contributed by atoms with Gasteiger partial charge < -0.3 is 15.4 Å². The second-order valence-electron chi connectivity index (χ2n) is 3.82. The number of methoxy groups -OCH3 is 1. The van der Waals surface area contributed by atoms with Gasteiger partial charge in [0.1, 0.15) is 11.5 Å². The summed E-state index contributed by atoms with van der Waals surface area (Å²) >= 11 is 5.01. The molecule has 0 aliphatic rings. The molecule has 0 amide bonds. The van der Waals surface area contributed by atoms with Crippen molar-refractivity contribution in [3.8, 4) is 0 Å². The lowest BCUT2D eigenvalue weighted by Crippen LogP contribution is -2.28. The maximum Gasteiger partial charge on any atom is 0.325 e. The summed E-state index contributed by atoms with van der Waals surface area (Å²) in [6, 6.07) is 5.75. The van der Waals surface area contributed by atoms with E-state index >= 15 is 0 Å². The quantitative estimate of drug-likeness (QED) is 0.645. The predicted molar refractivity (Wildman–Crippen MR) is 72.4 cm³/mol. The third-order valence-electron chi connectivity index (χ3n) is 2.42. The van der Waals surface area contributed by atoms with E-state index in [2.05, 4.69) is 4.74 Å². The number of carbonyl (C=O) groups excluding carboxylic acids is 1. The molecule has 0 atom stereocenters. The van der Waals surface area contributed by atoms with E-state index in [1.165, 1.54) is 7.11 Å². The molecule has 4 nitrogen and oxygen atoms in total. The standard InChI is InChI=1S/C12H16N2O2S/c1-8-4-5-10(9(6-8)12(13)17)14(2)7-11(15)16-3/h4-6H,7H2,1-3H3,(H2,13,17). The first-order chi connectivity index (χ1) is 7.95. The first-order valence-corrected chi connectivity index (χ1v) is 5.55. The normalized spacial score (nSPS) is 9.82. The fourth-order valence-corrected chi connectivity index (χ4v) is 1.69. The van der Waals surface area contributed by atoms with Crippen LogP contribution in [0.15, 0.2) is 18.2 Å². The van der Waals surface area contributed by atoms with E-state index in [-0.39, 0.29) is 12.5 Å². The zero-order chi connectivity index (χ0) is 13.0. The Kier molecular flexibility index (Phi) is 4.45. The molecule has 17 heavy (non-hydrogen) atoms. The van der Waals surface area contributed by atoms with Gasteiger partial charge in [-0.3, -0.25) is 4.79 Å². The summed E-state index contributed by atoms with van der Waals surface area (Å²) in [6.07, 6.45) is 0. The minimum Gasteiger partial charge on any atom is -0.468 e. The fourth-order valence-electron chi connectivity index (χ4n) is 1.52. The Morgan fingerprint density at radius 2 is 2.18 bits per heavy atom. The lowest BCUT2D eigenvalue weighted by molar-refractivity contribution is -0.138. The molecular weight excluding hydrogens is 236 g/mol. The molecule has 0 spiro atoms. The third kappa shape index (κ3) is 3.42. The number of esters is 1. The molecule has 0 saturated heterocycles. The minimum atomic E-state index is -0.304. The van der Waals surface area contributed by atoms with Crippen molar-refractivity contribution >= 4 is 28.9 Å². The van der Waals surface area contributed by atoms with Crippen LogP contribution in [0.25, 0.3) is 0 Å². The van der Waals surface area contributed by atoms with Crippen molar-refractivity contribution in [1.29, 1.82) is 0 Å². The number of thiocarbonyl (C=S) groups is 1. The minimum absolute atomic E-state index is 0.162. The van der Waals surface area contributed by atoms with E-state index in [4.69, 9.17) is 18.0 Å². The molecule has 2 N–H and O–H groups in total. The van der Waals surface area contributed by atoms with Gasteiger partial charge in [-0.05, 0) is 19.1 Å². The van der Waals surface area contributed by atoms with E-state index < -0.39 is 0 Å². The van der Waals surface area contributed by atoms with Crippen LogP contribution in [-0.2, 0) is 9.53 Å². The number of aryl methyl sites for hydroxylation is 1. The molecule has 0 unspecified atom stereocenters. The number of rotatable bonds is 4. The van der Waals surface area contributed by atoms with Crippen molar-refractivity contribution in [2.24, 2.45) is 5.73 Å². The number of likely N-dealkylation sites (N-methyl/N-ethyl adjacent to an activating group) is 1. The summed E-state index contributed by atoms with van der Waals surface area (Å²) in [5.74, 6) is -0.304. The Balaban J connectivity index is 3.04. The van der Waals surface area contributed by atoms with Crippen LogP contribution in [-0.4, -0.2) is 31.7 Å². The lowest BCUT2D eigenvalue weighted by atomic mass is 10.1. The Labute approximate surface area is 106 Å². The van der Waals surface area contributed by atoms with E-state index in [9.17, 15) is 4.79 Å². The van der Waals surface area contributed by atoms with Crippen molar-refractivity contribution in [2.75, 3.05) is 25.6 Å². The van der Waals surface area contributed by atoms with Gasteiger partial charge in [0.05, 0.1) is 7.11 Å². The molecule has 1 aromatic carbocycles. The van der Waals surface area contributed by atoms with Gasteiger partial charge in [-0.15, -0.1) is 0 Å². The molecule has 1 aromatic rings. The van der Waals surface area contributed by atoms with Crippen LogP contribution >= 0.6 is 12.2 Å². The van der Waals surface area contributed by atoms with Gasteiger partial charge in [-0.1, -0.05) is 23.8 Å². The van der Waals surface area contributed by atoms with Crippen molar-refractivity contribution in [2.45, 2.75) is 6.92 Å². The molecular formula is C12H16N2O2S. The molecule has 0 aromatic heterocycles. The molecule has 0 aliphatic carbocycles. The second-order valence-corrected chi connectivity index (χ2v) is 4.26. The summed E-state index contributed by atoms with van der Waals surface area (Å²) < 4.78 is 4.62. The molecule has 1 rings (SSSR count). The smallest absolute Gasteiger partial charge is 0.325 e. The first kappa shape index (κ1) is 13.4. The maximum atomic E-state index is 11.2. The average Bonchev–Trinajstić information content (AvgIpc) is 2.28. The van der Waals surface area contributed by atoms with Gasteiger partial charge in [-0.2, -0.15) is 0 Å². The number of ether oxygens (including phenoxy) is 1. The summed E-state index contributed by atoms with van der Waals surface area (Å²) in [6.45, 7) is 2.13. The number of benzene rings is 1. The van der Waals surface area contributed by atoms with E-state index in [0.717, 1.165) is 16.8 Å². The van der Waals surface area contributed by atoms with Crippen molar-refractivity contribution < 1.29 is 9.53 Å². The zero-order valence-corrected chi connectivity index (χ0v) is 11.0. The van der Waals surface area contributed by atoms with Crippen molar-refractivity contribution in [1.82, 2.24) is 0 Å². The highest BCUT2D eigenvalue weighted by atomic mass is 32.1. The zero-order valence-electron chi connectivity index (χ0n) is 10.2. The van der Waals surface area contributed by atoms with Gasteiger partial charge >= 0.3 is 5.97 Å². The molecule has 0 fully saturated rings. The maximum absolute atomic E-state index is 11.2. The van der Waals surface area contributed by atoms with Crippen LogP contribution in [0, 0.1) is 6.92 Å². The van der Waals surface area contributed by atoms with E-state index in [1.807, 2.05) is 25.1 Å². The largest absolute Gasteiger partial charge is 0.468 e. The number of anilines is 1. The van der Waals surface area contributed by atoms with Crippen molar-refractivity contribution in [3.05, 3.63) is 29.3 Å². The Bertz CT molecular complexity index is 446. The number of nitrogens with zero attached hydrogens (tertiary/aromatic N) is 1. The SMILES string of the molecule is COC(=O)CN(C)c1ccc(C)cc1C(N)=S. The van der Waals surface area contributed by atoms with Crippen LogP contribution in [0.2, 0.25) is 0 Å². The molecule has 0 radical (unpaired) electrons. The van der Waals surface area contributed by atoms with Crippen LogP contribution < -0.4 is 10.6 Å². The summed E-state index contributed by atoms with van der Waals surface area (Å²) in [7, 11) is 3.16. The Morgan fingerprint density at radius 3 is 2.71 bits per heavy atom. The molecule has 5 heteroatoms. The first-order valence-electron chi connectivity index (χ1n) is 5.14. The third-order valence-corrected chi connectivity index (χ3v) is 2.64. The molecule has 0 saturated carbocycles. The monoisotopic (exact) mass is 252 g/mol. The fraction of sp³-hybridized carbons (Fsp3) is 0.333. The molecule has 92 valence electrons. The van der Waals surface area contributed by atoms with Crippen LogP contribution in [0.5, 0.6) is 0 Å². The van der Waals surface area contributed by atoms with Gasteiger partial charge in [0.2, 0.25) is 0 Å². The number of nitrogens with two attached hydrogens (primary N) is 1. The van der Waals surface area contributed by atoms with Crippen LogP contribution in [0.4, 0.5) is 5.69 Å². The topological polar surface area (TPSA) is 55.6 Å². The predicted octanol–water partition coefficient (Wildman–Crippen LogP) is 1.24. The highest BCUT2D eigenvalue weighted by Gasteiger charge is 2.12. The van der Waals surface area contributed by atoms with Crippen LogP contribution in [0.1, 0.15) is 11.1 Å². The van der Waals surface area contributed by atoms with Gasteiger partial charge in [-0.25, -0.2) is 0 Å².